The average Bonchev–Trinajstić information content (AvgIpc) is 3.30. The van der Waals surface area contributed by atoms with E-state index in [2.05, 4.69) is 29.4 Å². The lowest BCUT2D eigenvalue weighted by molar-refractivity contribution is 0.315. The molecule has 0 radical (unpaired) electrons. The van der Waals surface area contributed by atoms with Gasteiger partial charge in [0.1, 0.15) is 0 Å². The largest absolute Gasteiger partial charge is 0.357 e. The number of hydrogen-bond donors (Lipinski definition) is 2. The summed E-state index contributed by atoms with van der Waals surface area (Å²) in [4.78, 5) is 7.46. The van der Waals surface area contributed by atoms with Crippen LogP contribution in [0.15, 0.2) is 4.99 Å². The molecule has 20 heavy (non-hydrogen) atoms. The molecule has 3 atom stereocenters. The Kier molecular flexibility index (Phi) is 5.95. The third kappa shape index (κ3) is 4.48. The fourth-order valence-electron chi connectivity index (χ4n) is 3.02. The van der Waals surface area contributed by atoms with E-state index in [9.17, 15) is 0 Å². The summed E-state index contributed by atoms with van der Waals surface area (Å²) < 4.78 is 0. The van der Waals surface area contributed by atoms with Gasteiger partial charge < -0.3 is 15.5 Å². The van der Waals surface area contributed by atoms with Crippen molar-refractivity contribution in [3.05, 3.63) is 0 Å². The van der Waals surface area contributed by atoms with Crippen LogP contribution in [0.5, 0.6) is 0 Å². The van der Waals surface area contributed by atoms with E-state index in [1.54, 1.807) is 0 Å². The third-order valence-corrected chi connectivity index (χ3v) is 4.66. The molecule has 3 rings (SSSR count). The second kappa shape index (κ2) is 7.29. The van der Waals surface area contributed by atoms with Crippen molar-refractivity contribution in [3.63, 3.8) is 0 Å². The van der Waals surface area contributed by atoms with Gasteiger partial charge in [-0.1, -0.05) is 6.92 Å². The monoisotopic (exact) mass is 392 g/mol. The van der Waals surface area contributed by atoms with Gasteiger partial charge in [0.15, 0.2) is 5.96 Å². The molecule has 0 aromatic rings. The van der Waals surface area contributed by atoms with Crippen LogP contribution in [0.1, 0.15) is 39.5 Å². The van der Waals surface area contributed by atoms with Gasteiger partial charge in [-0.05, 0) is 51.0 Å². The summed E-state index contributed by atoms with van der Waals surface area (Å²) in [6.45, 7) is 8.94. The third-order valence-electron chi connectivity index (χ3n) is 4.66. The molecule has 0 aromatic heterocycles. The first-order chi connectivity index (χ1) is 9.26. The number of hydrogen-bond acceptors (Lipinski definition) is 2. The van der Waals surface area contributed by atoms with Gasteiger partial charge in [0.05, 0.1) is 0 Å². The maximum atomic E-state index is 4.79. The molecule has 1 saturated heterocycles. The first-order valence-electron chi connectivity index (χ1n) is 8.05. The van der Waals surface area contributed by atoms with Crippen LogP contribution in [-0.4, -0.2) is 49.1 Å². The highest BCUT2D eigenvalue weighted by molar-refractivity contribution is 14.0. The van der Waals surface area contributed by atoms with Gasteiger partial charge in [-0.3, -0.25) is 4.99 Å². The number of rotatable bonds is 5. The van der Waals surface area contributed by atoms with Crippen molar-refractivity contribution in [2.24, 2.45) is 16.8 Å². The topological polar surface area (TPSA) is 39.7 Å². The van der Waals surface area contributed by atoms with Crippen molar-refractivity contribution in [1.29, 1.82) is 0 Å². The zero-order valence-corrected chi connectivity index (χ0v) is 15.1. The minimum Gasteiger partial charge on any atom is -0.357 e. The van der Waals surface area contributed by atoms with Crippen LogP contribution in [0.3, 0.4) is 0 Å². The molecule has 116 valence electrons. The van der Waals surface area contributed by atoms with E-state index in [0.29, 0.717) is 6.04 Å². The first-order valence-corrected chi connectivity index (χ1v) is 8.05. The minimum atomic E-state index is 0. The number of likely N-dealkylation sites (tertiary alicyclic amines) is 1. The molecule has 0 spiro atoms. The van der Waals surface area contributed by atoms with Gasteiger partial charge in [0.2, 0.25) is 0 Å². The molecule has 0 aromatic carbocycles. The number of nitrogens with one attached hydrogen (secondary N) is 2. The van der Waals surface area contributed by atoms with Gasteiger partial charge in [0, 0.05) is 31.7 Å². The Bertz CT molecular complexity index is 343. The van der Waals surface area contributed by atoms with Crippen molar-refractivity contribution in [2.75, 3.05) is 26.2 Å². The van der Waals surface area contributed by atoms with Crippen LogP contribution in [-0.2, 0) is 0 Å². The average molecular weight is 392 g/mol. The molecule has 3 fully saturated rings. The maximum absolute atomic E-state index is 4.79. The van der Waals surface area contributed by atoms with Crippen LogP contribution in [0.2, 0.25) is 0 Å². The number of nitrogens with zero attached hydrogens (tertiary/aromatic N) is 2. The van der Waals surface area contributed by atoms with Crippen LogP contribution in [0, 0.1) is 11.8 Å². The van der Waals surface area contributed by atoms with Crippen molar-refractivity contribution in [3.8, 4) is 0 Å². The van der Waals surface area contributed by atoms with Gasteiger partial charge in [0.25, 0.3) is 0 Å². The maximum Gasteiger partial charge on any atom is 0.191 e. The van der Waals surface area contributed by atoms with Gasteiger partial charge >= 0.3 is 0 Å². The number of aliphatic imine (C=N–C) groups is 1. The predicted molar refractivity (Wildman–Crippen MR) is 94.8 cm³/mol. The Hall–Kier alpha value is -0.0400. The molecule has 4 nitrogen and oxygen atoms in total. The highest BCUT2D eigenvalue weighted by atomic mass is 127. The molecule has 5 heteroatoms. The van der Waals surface area contributed by atoms with Gasteiger partial charge in [-0.25, -0.2) is 0 Å². The number of guanidine groups is 1. The fourth-order valence-corrected chi connectivity index (χ4v) is 3.02. The normalized spacial score (nSPS) is 33.7. The second-order valence-electron chi connectivity index (χ2n) is 6.56. The molecular weight excluding hydrogens is 363 g/mol. The minimum absolute atomic E-state index is 0. The SMILES string of the molecule is CCNC(=NCC1CCN(C2CC2)C1)NC1CC1C.I. The fraction of sp³-hybridized carbons (Fsp3) is 0.933. The van der Waals surface area contributed by atoms with Crippen molar-refractivity contribution < 1.29 is 0 Å². The van der Waals surface area contributed by atoms with Crippen LogP contribution in [0.4, 0.5) is 0 Å². The quantitative estimate of drug-likeness (QED) is 0.428. The Morgan fingerprint density at radius 2 is 2.05 bits per heavy atom. The molecular formula is C15H29IN4. The summed E-state index contributed by atoms with van der Waals surface area (Å²) >= 11 is 0. The molecule has 2 N–H and O–H groups in total. The van der Waals surface area contributed by atoms with Crippen LogP contribution < -0.4 is 10.6 Å². The Morgan fingerprint density at radius 3 is 2.65 bits per heavy atom. The van der Waals surface area contributed by atoms with E-state index in [1.165, 1.54) is 38.8 Å². The molecule has 0 bridgehead atoms. The Labute approximate surface area is 140 Å². The highest BCUT2D eigenvalue weighted by Gasteiger charge is 2.35. The summed E-state index contributed by atoms with van der Waals surface area (Å²) in [5.41, 5.74) is 0. The Morgan fingerprint density at radius 1 is 1.30 bits per heavy atom. The zero-order valence-electron chi connectivity index (χ0n) is 12.8. The summed E-state index contributed by atoms with van der Waals surface area (Å²) in [6.07, 6.45) is 5.49. The van der Waals surface area contributed by atoms with E-state index in [1.807, 2.05) is 0 Å². The molecule has 3 unspecified atom stereocenters. The van der Waals surface area contributed by atoms with Gasteiger partial charge in [-0.2, -0.15) is 0 Å². The van der Waals surface area contributed by atoms with Crippen molar-refractivity contribution in [1.82, 2.24) is 15.5 Å². The zero-order chi connectivity index (χ0) is 13.2. The van der Waals surface area contributed by atoms with E-state index in [4.69, 9.17) is 4.99 Å². The van der Waals surface area contributed by atoms with E-state index >= 15 is 0 Å². The molecule has 3 aliphatic rings. The molecule has 2 aliphatic carbocycles. The summed E-state index contributed by atoms with van der Waals surface area (Å²) in [5, 5.41) is 6.91. The van der Waals surface area contributed by atoms with Gasteiger partial charge in [-0.15, -0.1) is 24.0 Å². The first kappa shape index (κ1) is 16.3. The highest BCUT2D eigenvalue weighted by Crippen LogP contribution is 2.32. The lowest BCUT2D eigenvalue weighted by Gasteiger charge is -2.15. The molecule has 1 aliphatic heterocycles. The lowest BCUT2D eigenvalue weighted by Crippen LogP contribution is -2.39. The summed E-state index contributed by atoms with van der Waals surface area (Å²) in [5.74, 6) is 2.62. The second-order valence-corrected chi connectivity index (χ2v) is 6.56. The van der Waals surface area contributed by atoms with Crippen LogP contribution in [0.25, 0.3) is 0 Å². The predicted octanol–water partition coefficient (Wildman–Crippen LogP) is 2.05. The molecule has 0 amide bonds. The van der Waals surface area contributed by atoms with E-state index in [-0.39, 0.29) is 24.0 Å². The van der Waals surface area contributed by atoms with E-state index in [0.717, 1.165) is 36.9 Å². The van der Waals surface area contributed by atoms with Crippen molar-refractivity contribution in [2.45, 2.75) is 51.6 Å². The lowest BCUT2D eigenvalue weighted by atomic mass is 10.1. The smallest absolute Gasteiger partial charge is 0.191 e. The molecule has 2 saturated carbocycles. The van der Waals surface area contributed by atoms with Crippen LogP contribution >= 0.6 is 24.0 Å². The number of halogens is 1. The summed E-state index contributed by atoms with van der Waals surface area (Å²) in [6, 6.07) is 1.58. The summed E-state index contributed by atoms with van der Waals surface area (Å²) in [7, 11) is 0. The van der Waals surface area contributed by atoms with E-state index < -0.39 is 0 Å². The van der Waals surface area contributed by atoms with Crippen molar-refractivity contribution >= 4 is 29.9 Å². The Balaban J connectivity index is 0.00000147. The standard InChI is InChI=1S/C15H28N4.HI/c1-3-16-15(18-14-8-11(14)2)17-9-12-6-7-19(10-12)13-4-5-13;/h11-14H,3-10H2,1-2H3,(H2,16,17,18);1H. The molecule has 1 heterocycles.